The Hall–Kier alpha value is -2.37. The number of nitrogens with zero attached hydrogens (tertiary/aromatic N) is 3. The van der Waals surface area contributed by atoms with E-state index in [0.29, 0.717) is 12.3 Å². The number of fused-ring (bicyclic) bond motifs is 1. The second kappa shape index (κ2) is 6.81. The fourth-order valence-corrected chi connectivity index (χ4v) is 2.97. The molecule has 1 aliphatic rings. The molecule has 0 saturated heterocycles. The number of ether oxygens (including phenoxy) is 1. The number of aromatic nitrogens is 2. The predicted molar refractivity (Wildman–Crippen MR) is 83.5 cm³/mol. The van der Waals surface area contributed by atoms with Crippen molar-refractivity contribution in [3.63, 3.8) is 0 Å². The summed E-state index contributed by atoms with van der Waals surface area (Å²) < 4.78 is 20.5. The normalized spacial score (nSPS) is 17.5. The highest BCUT2D eigenvalue weighted by molar-refractivity contribution is 5.78. The van der Waals surface area contributed by atoms with Crippen LogP contribution in [0.5, 0.6) is 5.75 Å². The first kappa shape index (κ1) is 15.5. The Morgan fingerprint density at radius 1 is 1.35 bits per heavy atom. The van der Waals surface area contributed by atoms with Gasteiger partial charge >= 0.3 is 0 Å². The van der Waals surface area contributed by atoms with Gasteiger partial charge in [-0.2, -0.15) is 0 Å². The van der Waals surface area contributed by atoms with Gasteiger partial charge < -0.3 is 14.2 Å². The van der Waals surface area contributed by atoms with E-state index in [9.17, 15) is 9.18 Å². The van der Waals surface area contributed by atoms with Crippen molar-refractivity contribution in [2.24, 2.45) is 0 Å². The van der Waals surface area contributed by atoms with Crippen LogP contribution in [0.15, 0.2) is 36.7 Å². The number of halogens is 1. The molecule has 1 amide bonds. The first-order valence-corrected chi connectivity index (χ1v) is 7.88. The summed E-state index contributed by atoms with van der Waals surface area (Å²) in [5.74, 6) is 1.02. The minimum atomic E-state index is -0.325. The summed E-state index contributed by atoms with van der Waals surface area (Å²) in [5, 5.41) is 0. The Kier molecular flexibility index (Phi) is 4.60. The van der Waals surface area contributed by atoms with Gasteiger partial charge in [-0.25, -0.2) is 9.37 Å². The van der Waals surface area contributed by atoms with Gasteiger partial charge in [0.15, 0.2) is 6.61 Å². The summed E-state index contributed by atoms with van der Waals surface area (Å²) >= 11 is 0. The van der Waals surface area contributed by atoms with Crippen LogP contribution < -0.4 is 4.74 Å². The van der Waals surface area contributed by atoms with Gasteiger partial charge in [0.1, 0.15) is 17.4 Å². The van der Waals surface area contributed by atoms with Gasteiger partial charge in [-0.1, -0.05) is 6.92 Å². The van der Waals surface area contributed by atoms with Gasteiger partial charge in [0, 0.05) is 25.5 Å². The van der Waals surface area contributed by atoms with Crippen LogP contribution in [0.1, 0.15) is 31.6 Å². The number of hydrogen-bond acceptors (Lipinski definition) is 3. The molecule has 0 spiro atoms. The van der Waals surface area contributed by atoms with Crippen LogP contribution in [0.2, 0.25) is 0 Å². The summed E-state index contributed by atoms with van der Waals surface area (Å²) in [7, 11) is 0. The Balaban J connectivity index is 1.69. The van der Waals surface area contributed by atoms with Crippen LogP contribution >= 0.6 is 0 Å². The molecule has 1 aromatic heterocycles. The Morgan fingerprint density at radius 2 is 2.13 bits per heavy atom. The molecule has 0 saturated carbocycles. The van der Waals surface area contributed by atoms with E-state index >= 15 is 0 Å². The van der Waals surface area contributed by atoms with Gasteiger partial charge in [-0.05, 0) is 37.1 Å². The van der Waals surface area contributed by atoms with E-state index in [0.717, 1.165) is 25.2 Å². The third kappa shape index (κ3) is 3.36. The lowest BCUT2D eigenvalue weighted by Gasteiger charge is -2.28. The number of carbonyl (C=O) groups is 1. The number of hydrogen-bond donors (Lipinski definition) is 0. The summed E-state index contributed by atoms with van der Waals surface area (Å²) in [6, 6.07) is 5.65. The molecule has 1 unspecified atom stereocenters. The molecule has 0 N–H and O–H groups in total. The average molecular weight is 317 g/mol. The maximum absolute atomic E-state index is 12.9. The van der Waals surface area contributed by atoms with Crippen molar-refractivity contribution in [3.05, 3.63) is 48.3 Å². The molecule has 0 aliphatic carbocycles. The Labute approximate surface area is 134 Å². The molecule has 1 aliphatic heterocycles. The smallest absolute Gasteiger partial charge is 0.261 e. The third-order valence-corrected chi connectivity index (χ3v) is 4.10. The lowest BCUT2D eigenvalue weighted by molar-refractivity contribution is -0.136. The average Bonchev–Trinajstić information content (AvgIpc) is 2.94. The zero-order chi connectivity index (χ0) is 16.2. The van der Waals surface area contributed by atoms with Crippen LogP contribution in [-0.4, -0.2) is 33.5 Å². The van der Waals surface area contributed by atoms with Crippen molar-refractivity contribution in [2.45, 2.75) is 32.4 Å². The predicted octanol–water partition coefficient (Wildman–Crippen LogP) is 2.78. The Morgan fingerprint density at radius 3 is 2.87 bits per heavy atom. The Bertz CT molecular complexity index is 669. The number of benzene rings is 1. The molecule has 0 radical (unpaired) electrons. The maximum Gasteiger partial charge on any atom is 0.261 e. The molecule has 5 nitrogen and oxygen atoms in total. The highest BCUT2D eigenvalue weighted by atomic mass is 19.1. The quantitative estimate of drug-likeness (QED) is 0.871. The number of rotatable bonds is 4. The van der Waals surface area contributed by atoms with E-state index < -0.39 is 0 Å². The van der Waals surface area contributed by atoms with Crippen LogP contribution in [0.3, 0.4) is 0 Å². The lowest BCUT2D eigenvalue weighted by Crippen LogP contribution is -2.38. The van der Waals surface area contributed by atoms with E-state index in [4.69, 9.17) is 4.74 Å². The minimum absolute atomic E-state index is 0.0307. The molecular formula is C17H20FN3O2. The van der Waals surface area contributed by atoms with Crippen molar-refractivity contribution >= 4 is 5.91 Å². The molecular weight excluding hydrogens is 297 g/mol. The van der Waals surface area contributed by atoms with Crippen molar-refractivity contribution in [1.29, 1.82) is 0 Å². The molecule has 6 heteroatoms. The molecule has 0 bridgehead atoms. The highest BCUT2D eigenvalue weighted by Gasteiger charge is 2.29. The molecule has 1 atom stereocenters. The third-order valence-electron chi connectivity index (χ3n) is 4.10. The van der Waals surface area contributed by atoms with E-state index in [2.05, 4.69) is 16.5 Å². The topological polar surface area (TPSA) is 47.4 Å². The lowest BCUT2D eigenvalue weighted by atomic mass is 10.1. The fourth-order valence-electron chi connectivity index (χ4n) is 2.97. The monoisotopic (exact) mass is 317 g/mol. The SMILES string of the molecule is CCC1c2nccn2CCCN1C(=O)COc1ccc(F)cc1. The molecule has 3 rings (SSSR count). The van der Waals surface area contributed by atoms with E-state index in [1.54, 1.807) is 6.20 Å². The van der Waals surface area contributed by atoms with Gasteiger partial charge in [0.05, 0.1) is 6.04 Å². The first-order chi connectivity index (χ1) is 11.2. The minimum Gasteiger partial charge on any atom is -0.484 e. The van der Waals surface area contributed by atoms with Crippen molar-refractivity contribution < 1.29 is 13.9 Å². The molecule has 0 fully saturated rings. The van der Waals surface area contributed by atoms with Crippen LogP contribution in [0.25, 0.3) is 0 Å². The molecule has 23 heavy (non-hydrogen) atoms. The summed E-state index contributed by atoms with van der Waals surface area (Å²) in [5.41, 5.74) is 0. The largest absolute Gasteiger partial charge is 0.484 e. The number of imidazole rings is 1. The standard InChI is InChI=1S/C17H20FN3O2/c1-2-15-17-19-8-11-20(17)9-3-10-21(15)16(22)12-23-14-6-4-13(18)5-7-14/h4-8,11,15H,2-3,9-10,12H2,1H3. The van der Waals surface area contributed by atoms with Crippen molar-refractivity contribution in [3.8, 4) is 5.75 Å². The van der Waals surface area contributed by atoms with E-state index in [1.165, 1.54) is 24.3 Å². The summed E-state index contributed by atoms with van der Waals surface area (Å²) in [4.78, 5) is 18.8. The van der Waals surface area contributed by atoms with Gasteiger partial charge in [0.2, 0.25) is 0 Å². The number of aryl methyl sites for hydroxylation is 1. The zero-order valence-electron chi connectivity index (χ0n) is 13.1. The second-order valence-electron chi connectivity index (χ2n) is 5.59. The first-order valence-electron chi connectivity index (χ1n) is 7.88. The molecule has 2 aromatic rings. The summed E-state index contributed by atoms with van der Waals surface area (Å²) in [6.45, 7) is 3.56. The van der Waals surface area contributed by atoms with E-state index in [1.807, 2.05) is 11.1 Å². The second-order valence-corrected chi connectivity index (χ2v) is 5.59. The van der Waals surface area contributed by atoms with Crippen molar-refractivity contribution in [1.82, 2.24) is 14.5 Å². The maximum atomic E-state index is 12.9. The van der Waals surface area contributed by atoms with E-state index in [-0.39, 0.29) is 24.4 Å². The fraction of sp³-hybridized carbons (Fsp3) is 0.412. The van der Waals surface area contributed by atoms with Gasteiger partial charge in [-0.3, -0.25) is 4.79 Å². The number of carbonyl (C=O) groups excluding carboxylic acids is 1. The number of amides is 1. The van der Waals surface area contributed by atoms with Gasteiger partial charge in [-0.15, -0.1) is 0 Å². The molecule has 1 aromatic carbocycles. The molecule has 122 valence electrons. The van der Waals surface area contributed by atoms with Crippen LogP contribution in [-0.2, 0) is 11.3 Å². The highest BCUT2D eigenvalue weighted by Crippen LogP contribution is 2.26. The van der Waals surface area contributed by atoms with Crippen LogP contribution in [0, 0.1) is 5.82 Å². The van der Waals surface area contributed by atoms with Crippen LogP contribution in [0.4, 0.5) is 4.39 Å². The zero-order valence-corrected chi connectivity index (χ0v) is 13.1. The molecule has 2 heterocycles. The van der Waals surface area contributed by atoms with Gasteiger partial charge in [0.25, 0.3) is 5.91 Å². The van der Waals surface area contributed by atoms with Crippen molar-refractivity contribution in [2.75, 3.05) is 13.2 Å². The summed E-state index contributed by atoms with van der Waals surface area (Å²) in [6.07, 6.45) is 5.43.